The highest BCUT2D eigenvalue weighted by Gasteiger charge is 2.62. The van der Waals surface area contributed by atoms with Crippen LogP contribution in [0.15, 0.2) is 28.5 Å². The average molecular weight is 457 g/mol. The van der Waals surface area contributed by atoms with E-state index in [1.807, 2.05) is 0 Å². The van der Waals surface area contributed by atoms with Gasteiger partial charge in [0.25, 0.3) is 21.9 Å². The first-order valence-corrected chi connectivity index (χ1v) is 11.3. The first-order chi connectivity index (χ1) is 13.9. The summed E-state index contributed by atoms with van der Waals surface area (Å²) >= 11 is 0.788. The zero-order valence-corrected chi connectivity index (χ0v) is 17.7. The van der Waals surface area contributed by atoms with Crippen LogP contribution < -0.4 is 10.0 Å². The van der Waals surface area contributed by atoms with Gasteiger partial charge in [-0.3, -0.25) is 4.79 Å². The lowest BCUT2D eigenvalue weighted by molar-refractivity contribution is -0.0446. The number of sulfonamides is 1. The van der Waals surface area contributed by atoms with Crippen LogP contribution in [0, 0.1) is 24.1 Å². The lowest BCUT2D eigenvalue weighted by atomic mass is 10.1. The van der Waals surface area contributed by atoms with Crippen molar-refractivity contribution in [1.29, 1.82) is 5.26 Å². The van der Waals surface area contributed by atoms with Gasteiger partial charge in [-0.1, -0.05) is 6.92 Å². The van der Waals surface area contributed by atoms with E-state index < -0.39 is 39.6 Å². The third-order valence-corrected chi connectivity index (χ3v) is 8.03. The summed E-state index contributed by atoms with van der Waals surface area (Å²) in [5.74, 6) is -4.58. The van der Waals surface area contributed by atoms with E-state index in [2.05, 4.69) is 10.0 Å². The van der Waals surface area contributed by atoms with E-state index in [-0.39, 0.29) is 33.9 Å². The minimum Gasteiger partial charge on any atom is -0.322 e. The number of carbonyl (C=O) groups is 1. The molecule has 0 saturated heterocycles. The SMILES string of the molecule is CCC(F)(F)C1(NS(=O)(=O)c2cc(C(=O)Nc3ccc(F)c(C#N)c3)c(C)s2)CC1. The summed E-state index contributed by atoms with van der Waals surface area (Å²) in [5.41, 5.74) is -1.85. The molecule has 1 aromatic heterocycles. The van der Waals surface area contributed by atoms with Crippen molar-refractivity contribution in [1.82, 2.24) is 4.72 Å². The molecule has 1 aliphatic carbocycles. The molecule has 2 aromatic rings. The van der Waals surface area contributed by atoms with Crippen molar-refractivity contribution < 1.29 is 26.4 Å². The van der Waals surface area contributed by atoms with Gasteiger partial charge in [-0.05, 0) is 44.0 Å². The molecule has 0 bridgehead atoms. The average Bonchev–Trinajstić information content (AvgIpc) is 3.35. The van der Waals surface area contributed by atoms with Gasteiger partial charge >= 0.3 is 0 Å². The fraction of sp³-hybridized carbons (Fsp3) is 0.368. The van der Waals surface area contributed by atoms with E-state index in [1.165, 1.54) is 19.9 Å². The Hall–Kier alpha value is -2.42. The maximum Gasteiger partial charge on any atom is 0.266 e. The Labute approximate surface area is 175 Å². The van der Waals surface area contributed by atoms with Gasteiger partial charge in [-0.15, -0.1) is 11.3 Å². The number of rotatable bonds is 7. The van der Waals surface area contributed by atoms with Crippen molar-refractivity contribution in [2.45, 2.75) is 48.8 Å². The molecule has 0 aliphatic heterocycles. The number of anilines is 1. The Bertz CT molecular complexity index is 1150. The Kier molecular flexibility index (Phi) is 5.70. The quantitative estimate of drug-likeness (QED) is 0.652. The Morgan fingerprint density at radius 2 is 2.00 bits per heavy atom. The summed E-state index contributed by atoms with van der Waals surface area (Å²) in [6.45, 7) is 2.82. The summed E-state index contributed by atoms with van der Waals surface area (Å²) in [5, 5.41) is 11.4. The number of benzene rings is 1. The second-order valence-electron chi connectivity index (χ2n) is 7.04. The molecule has 2 N–H and O–H groups in total. The zero-order valence-electron chi connectivity index (χ0n) is 16.1. The van der Waals surface area contributed by atoms with E-state index in [0.29, 0.717) is 4.88 Å². The number of nitriles is 1. The van der Waals surface area contributed by atoms with Crippen LogP contribution in [0.3, 0.4) is 0 Å². The Balaban J connectivity index is 1.83. The van der Waals surface area contributed by atoms with Gasteiger partial charge < -0.3 is 5.32 Å². The molecular formula is C19H18F3N3O3S2. The summed E-state index contributed by atoms with van der Waals surface area (Å²) in [7, 11) is -4.26. The van der Waals surface area contributed by atoms with Crippen molar-refractivity contribution in [2.24, 2.45) is 0 Å². The van der Waals surface area contributed by atoms with Crippen LogP contribution >= 0.6 is 11.3 Å². The summed E-state index contributed by atoms with van der Waals surface area (Å²) < 4.78 is 68.9. The third-order valence-electron chi connectivity index (χ3n) is 4.97. The van der Waals surface area contributed by atoms with Gasteiger partial charge in [0.15, 0.2) is 0 Å². The maximum atomic E-state index is 14.1. The van der Waals surface area contributed by atoms with E-state index >= 15 is 0 Å². The van der Waals surface area contributed by atoms with Crippen LogP contribution in [0.2, 0.25) is 0 Å². The van der Waals surface area contributed by atoms with Crippen LogP contribution in [0.4, 0.5) is 18.9 Å². The molecule has 1 aliphatic rings. The van der Waals surface area contributed by atoms with Gasteiger partial charge in [0.2, 0.25) is 0 Å². The number of hydrogen-bond donors (Lipinski definition) is 2. The number of nitrogens with one attached hydrogen (secondary N) is 2. The van der Waals surface area contributed by atoms with Gasteiger partial charge in [0.05, 0.1) is 16.7 Å². The highest BCUT2D eigenvalue weighted by atomic mass is 32.2. The molecule has 0 radical (unpaired) electrons. The first kappa shape index (κ1) is 22.3. The van der Waals surface area contributed by atoms with Crippen LogP contribution in [-0.4, -0.2) is 25.8 Å². The third kappa shape index (κ3) is 4.08. The van der Waals surface area contributed by atoms with E-state index in [9.17, 15) is 26.4 Å². The number of nitrogens with zero attached hydrogens (tertiary/aromatic N) is 1. The minimum atomic E-state index is -4.26. The Morgan fingerprint density at radius 1 is 1.33 bits per heavy atom. The number of alkyl halides is 2. The molecule has 6 nitrogen and oxygen atoms in total. The molecule has 1 amide bonds. The largest absolute Gasteiger partial charge is 0.322 e. The molecule has 0 atom stereocenters. The van der Waals surface area contributed by atoms with Gasteiger partial charge in [-0.25, -0.2) is 21.6 Å². The van der Waals surface area contributed by atoms with Crippen LogP contribution in [0.1, 0.15) is 47.0 Å². The van der Waals surface area contributed by atoms with Crippen LogP contribution in [0.5, 0.6) is 0 Å². The fourth-order valence-corrected chi connectivity index (χ4v) is 5.93. The van der Waals surface area contributed by atoms with Gasteiger partial charge in [0, 0.05) is 17.0 Å². The standard InChI is InChI=1S/C19H18F3N3O3S2/c1-3-19(21,22)18(6-7-18)25-30(27,28)16-9-14(11(2)29-16)17(26)24-13-4-5-15(20)12(8-13)10-23/h4-5,8-9,25H,3,6-7H2,1-2H3,(H,24,26). The lowest BCUT2D eigenvalue weighted by Gasteiger charge is -2.26. The van der Waals surface area contributed by atoms with Crippen molar-refractivity contribution in [3.05, 3.63) is 46.1 Å². The number of halogens is 3. The van der Waals surface area contributed by atoms with Gasteiger partial charge in [-0.2, -0.15) is 9.98 Å². The molecule has 3 rings (SSSR count). The molecule has 11 heteroatoms. The van der Waals surface area contributed by atoms with Crippen molar-refractivity contribution in [2.75, 3.05) is 5.32 Å². The summed E-state index contributed by atoms with van der Waals surface area (Å²) in [6.07, 6.45) is -0.415. The number of amides is 1. The van der Waals surface area contributed by atoms with Crippen molar-refractivity contribution in [3.63, 3.8) is 0 Å². The van der Waals surface area contributed by atoms with Crippen molar-refractivity contribution >= 4 is 33.0 Å². The molecule has 1 aromatic carbocycles. The second kappa shape index (κ2) is 7.68. The minimum absolute atomic E-state index is 0.0373. The lowest BCUT2D eigenvalue weighted by Crippen LogP contribution is -2.49. The van der Waals surface area contributed by atoms with Crippen LogP contribution in [-0.2, 0) is 10.0 Å². The smallest absolute Gasteiger partial charge is 0.266 e. The number of carbonyl (C=O) groups excluding carboxylic acids is 1. The molecule has 1 saturated carbocycles. The van der Waals surface area contributed by atoms with Crippen molar-refractivity contribution in [3.8, 4) is 6.07 Å². The molecule has 1 heterocycles. The molecule has 30 heavy (non-hydrogen) atoms. The highest BCUT2D eigenvalue weighted by molar-refractivity contribution is 7.91. The topological polar surface area (TPSA) is 99.1 Å². The monoisotopic (exact) mass is 457 g/mol. The number of thiophene rings is 1. The predicted molar refractivity (Wildman–Crippen MR) is 106 cm³/mol. The predicted octanol–water partition coefficient (Wildman–Crippen LogP) is 4.18. The molecule has 0 unspecified atom stereocenters. The van der Waals surface area contributed by atoms with E-state index in [1.54, 1.807) is 6.07 Å². The molecule has 160 valence electrons. The first-order valence-electron chi connectivity index (χ1n) is 8.98. The maximum absolute atomic E-state index is 14.1. The van der Waals surface area contributed by atoms with Crippen LogP contribution in [0.25, 0.3) is 0 Å². The summed E-state index contributed by atoms with van der Waals surface area (Å²) in [4.78, 5) is 12.9. The number of hydrogen-bond acceptors (Lipinski definition) is 5. The number of aryl methyl sites for hydroxylation is 1. The normalized spacial score (nSPS) is 15.5. The van der Waals surface area contributed by atoms with Gasteiger partial charge in [0.1, 0.15) is 16.1 Å². The molecule has 1 fully saturated rings. The zero-order chi connectivity index (χ0) is 22.3. The summed E-state index contributed by atoms with van der Waals surface area (Å²) in [6, 6.07) is 6.21. The van der Waals surface area contributed by atoms with E-state index in [4.69, 9.17) is 5.26 Å². The van der Waals surface area contributed by atoms with E-state index in [0.717, 1.165) is 29.5 Å². The Morgan fingerprint density at radius 3 is 2.57 bits per heavy atom. The fourth-order valence-electron chi connectivity index (χ4n) is 3.01. The highest BCUT2D eigenvalue weighted by Crippen LogP contribution is 2.50. The molecular weight excluding hydrogens is 439 g/mol. The second-order valence-corrected chi connectivity index (χ2v) is 10.2. The molecule has 0 spiro atoms.